The van der Waals surface area contributed by atoms with Crippen LogP contribution < -0.4 is 10.6 Å². The molecule has 150 valence electrons. The first-order chi connectivity index (χ1) is 12.0. The average Bonchev–Trinajstić information content (AvgIpc) is 3.30. The zero-order valence-corrected chi connectivity index (χ0v) is 16.2. The Bertz CT molecular complexity index is 514. The van der Waals surface area contributed by atoms with Gasteiger partial charge in [0, 0.05) is 6.42 Å². The number of aliphatic hydroxyl groups is 2. The monoisotopic (exact) mass is 372 g/mol. The van der Waals surface area contributed by atoms with Gasteiger partial charge in [-0.05, 0) is 25.2 Å². The van der Waals surface area contributed by atoms with E-state index in [1.54, 1.807) is 0 Å². The first-order valence-electron chi connectivity index (χ1n) is 9.09. The van der Waals surface area contributed by atoms with Crippen LogP contribution >= 0.6 is 0 Å². The number of hydrogen-bond donors (Lipinski definition) is 4. The lowest BCUT2D eigenvalue weighted by Gasteiger charge is -2.26. The molecule has 4 atom stereocenters. The van der Waals surface area contributed by atoms with Crippen LogP contribution in [0.1, 0.15) is 47.5 Å². The molecule has 1 saturated heterocycles. The molecule has 1 heterocycles. The van der Waals surface area contributed by atoms with Gasteiger partial charge in [0.05, 0.1) is 25.4 Å². The minimum Gasteiger partial charge on any atom is -0.393 e. The van der Waals surface area contributed by atoms with Crippen molar-refractivity contribution in [1.82, 2.24) is 10.6 Å². The van der Waals surface area contributed by atoms with Gasteiger partial charge in [-0.1, -0.05) is 27.7 Å². The van der Waals surface area contributed by atoms with Gasteiger partial charge in [0.15, 0.2) is 11.4 Å². The maximum atomic E-state index is 12.6. The third kappa shape index (κ3) is 6.34. The van der Waals surface area contributed by atoms with Crippen molar-refractivity contribution < 1.29 is 29.3 Å². The second-order valence-corrected chi connectivity index (χ2v) is 7.88. The molecule has 0 saturated carbocycles. The van der Waals surface area contributed by atoms with Crippen molar-refractivity contribution in [1.29, 1.82) is 0 Å². The third-order valence-corrected chi connectivity index (χ3v) is 4.21. The van der Waals surface area contributed by atoms with Crippen molar-refractivity contribution in [3.05, 3.63) is 0 Å². The van der Waals surface area contributed by atoms with E-state index in [-0.39, 0.29) is 36.6 Å². The third-order valence-electron chi connectivity index (χ3n) is 4.21. The molecule has 1 rings (SSSR count). The van der Waals surface area contributed by atoms with Crippen molar-refractivity contribution in [2.75, 3.05) is 13.2 Å². The summed E-state index contributed by atoms with van der Waals surface area (Å²) in [6.45, 7) is 8.64. The molecule has 0 aromatic carbocycles. The van der Waals surface area contributed by atoms with Crippen LogP contribution in [0.2, 0.25) is 0 Å². The van der Waals surface area contributed by atoms with E-state index in [2.05, 4.69) is 10.6 Å². The van der Waals surface area contributed by atoms with E-state index in [4.69, 9.17) is 4.74 Å². The van der Waals surface area contributed by atoms with Gasteiger partial charge in [0.2, 0.25) is 11.8 Å². The second kappa shape index (κ2) is 9.43. The average molecular weight is 372 g/mol. The molecule has 4 N–H and O–H groups in total. The highest BCUT2D eigenvalue weighted by molar-refractivity contribution is 5.98. The lowest BCUT2D eigenvalue weighted by atomic mass is 9.92. The Morgan fingerprint density at radius 2 is 1.65 bits per heavy atom. The molecule has 1 aliphatic rings. The molecule has 8 heteroatoms. The van der Waals surface area contributed by atoms with Crippen LogP contribution in [0.25, 0.3) is 0 Å². The second-order valence-electron chi connectivity index (χ2n) is 7.88. The van der Waals surface area contributed by atoms with E-state index in [9.17, 15) is 24.6 Å². The fourth-order valence-electron chi connectivity index (χ4n) is 2.69. The molecule has 1 aliphatic heterocycles. The summed E-state index contributed by atoms with van der Waals surface area (Å²) >= 11 is 0. The Kier molecular flexibility index (Phi) is 8.17. The Labute approximate surface area is 154 Å². The van der Waals surface area contributed by atoms with E-state index >= 15 is 0 Å². The molecule has 1 unspecified atom stereocenters. The van der Waals surface area contributed by atoms with Crippen molar-refractivity contribution in [3.8, 4) is 0 Å². The maximum Gasteiger partial charge on any atom is 0.245 e. The number of carbonyl (C=O) groups is 3. The number of Topliss-reactive ketones (excluding diaryl/α,β-unsaturated/α-hetero) is 1. The predicted molar refractivity (Wildman–Crippen MR) is 95.2 cm³/mol. The standard InChI is InChI=1S/C18H32N2O6/c1-10(2)6-13(16(24)18(8-21)9-26-18)19-17(25)15(12(5)22)20-14(23)7-11(3)4/h10-13,15,21-22H,6-9H2,1-5H3,(H,19,25)(H,20,23)/t12-,13+,15+,18?/m1/s1. The van der Waals surface area contributed by atoms with Gasteiger partial charge < -0.3 is 25.6 Å². The Morgan fingerprint density at radius 1 is 1.08 bits per heavy atom. The van der Waals surface area contributed by atoms with Gasteiger partial charge in [-0.3, -0.25) is 14.4 Å². The normalized spacial score (nSPS) is 22.7. The van der Waals surface area contributed by atoms with Crippen LogP contribution in [0.5, 0.6) is 0 Å². The first kappa shape index (κ1) is 22.5. The number of hydrogen-bond acceptors (Lipinski definition) is 6. The molecule has 8 nitrogen and oxygen atoms in total. The molecule has 0 aromatic heterocycles. The van der Waals surface area contributed by atoms with Crippen LogP contribution in [0.4, 0.5) is 0 Å². The van der Waals surface area contributed by atoms with Crippen LogP contribution in [-0.2, 0) is 19.1 Å². The number of ether oxygens (including phenoxy) is 1. The summed E-state index contributed by atoms with van der Waals surface area (Å²) in [4.78, 5) is 37.2. The predicted octanol–water partition coefficient (Wildman–Crippen LogP) is -0.241. The largest absolute Gasteiger partial charge is 0.393 e. The SMILES string of the molecule is CC(C)CC(=O)N[C@H](C(=O)N[C@@H](CC(C)C)C(=O)C1(CO)CO1)[C@@H](C)O. The summed E-state index contributed by atoms with van der Waals surface area (Å²) in [6.07, 6.45) is -0.529. The van der Waals surface area contributed by atoms with Crippen LogP contribution in [0.3, 0.4) is 0 Å². The number of aliphatic hydroxyl groups excluding tert-OH is 2. The topological polar surface area (TPSA) is 128 Å². The smallest absolute Gasteiger partial charge is 0.245 e. The van der Waals surface area contributed by atoms with Crippen LogP contribution in [-0.4, -0.2) is 64.8 Å². The highest BCUT2D eigenvalue weighted by atomic mass is 16.6. The fraction of sp³-hybridized carbons (Fsp3) is 0.833. The van der Waals surface area contributed by atoms with Crippen molar-refractivity contribution >= 4 is 17.6 Å². The van der Waals surface area contributed by atoms with Gasteiger partial charge in [-0.2, -0.15) is 0 Å². The Balaban J connectivity index is 2.84. The molecule has 0 aromatic rings. The lowest BCUT2D eigenvalue weighted by Crippen LogP contribution is -2.57. The molecule has 1 fully saturated rings. The van der Waals surface area contributed by atoms with Gasteiger partial charge in [-0.15, -0.1) is 0 Å². The quantitative estimate of drug-likeness (QED) is 0.371. The molecular weight excluding hydrogens is 340 g/mol. The molecule has 0 bridgehead atoms. The zero-order valence-electron chi connectivity index (χ0n) is 16.2. The molecule has 26 heavy (non-hydrogen) atoms. The molecule has 0 spiro atoms. The van der Waals surface area contributed by atoms with E-state index in [1.165, 1.54) is 6.92 Å². The zero-order chi connectivity index (χ0) is 20.1. The summed E-state index contributed by atoms with van der Waals surface area (Å²) in [5, 5.41) is 24.4. The van der Waals surface area contributed by atoms with Crippen LogP contribution in [0.15, 0.2) is 0 Å². The van der Waals surface area contributed by atoms with E-state index < -0.39 is 36.3 Å². The van der Waals surface area contributed by atoms with Crippen molar-refractivity contribution in [2.24, 2.45) is 11.8 Å². The number of rotatable bonds is 11. The van der Waals surface area contributed by atoms with Gasteiger partial charge in [0.1, 0.15) is 6.04 Å². The Hall–Kier alpha value is -1.51. The number of ketones is 1. The Morgan fingerprint density at radius 3 is 2.04 bits per heavy atom. The molecular formula is C18H32N2O6. The summed E-state index contributed by atoms with van der Waals surface area (Å²) in [5.74, 6) is -1.14. The van der Waals surface area contributed by atoms with Crippen LogP contribution in [0, 0.1) is 11.8 Å². The minimum atomic E-state index is -1.24. The number of nitrogens with one attached hydrogen (secondary N) is 2. The van der Waals surface area contributed by atoms with Crippen molar-refractivity contribution in [3.63, 3.8) is 0 Å². The lowest BCUT2D eigenvalue weighted by molar-refractivity contribution is -0.136. The summed E-state index contributed by atoms with van der Waals surface area (Å²) < 4.78 is 5.10. The van der Waals surface area contributed by atoms with Gasteiger partial charge >= 0.3 is 0 Å². The molecule has 0 radical (unpaired) electrons. The highest BCUT2D eigenvalue weighted by Gasteiger charge is 2.54. The summed E-state index contributed by atoms with van der Waals surface area (Å²) in [5.41, 5.74) is -1.24. The maximum absolute atomic E-state index is 12.6. The van der Waals surface area contributed by atoms with Crippen molar-refractivity contribution in [2.45, 2.75) is 71.2 Å². The van der Waals surface area contributed by atoms with Gasteiger partial charge in [0.25, 0.3) is 0 Å². The fourth-order valence-corrected chi connectivity index (χ4v) is 2.69. The minimum absolute atomic E-state index is 0.110. The highest BCUT2D eigenvalue weighted by Crippen LogP contribution is 2.30. The van der Waals surface area contributed by atoms with Gasteiger partial charge in [-0.25, -0.2) is 0 Å². The molecule has 0 aliphatic carbocycles. The summed E-state index contributed by atoms with van der Waals surface area (Å²) in [6, 6.07) is -2.02. The summed E-state index contributed by atoms with van der Waals surface area (Å²) in [7, 11) is 0. The number of amides is 2. The van der Waals surface area contributed by atoms with E-state index in [0.29, 0.717) is 6.42 Å². The van der Waals surface area contributed by atoms with E-state index in [1.807, 2.05) is 27.7 Å². The molecule has 2 amide bonds. The van der Waals surface area contributed by atoms with E-state index in [0.717, 1.165) is 0 Å². The number of carbonyl (C=O) groups excluding carboxylic acids is 3. The number of epoxide rings is 1. The first-order valence-corrected chi connectivity index (χ1v) is 9.09.